The molecule has 120 valence electrons. The molecule has 2 aromatic rings. The summed E-state index contributed by atoms with van der Waals surface area (Å²) >= 11 is 0. The van der Waals surface area contributed by atoms with Gasteiger partial charge in [-0.1, -0.05) is 20.3 Å². The number of nitrogens with zero attached hydrogens (tertiary/aromatic N) is 4. The van der Waals surface area contributed by atoms with E-state index in [2.05, 4.69) is 71.0 Å². The fraction of sp³-hybridized carbons (Fsp3) is 0.600. The Hall–Kier alpha value is -1.000. The van der Waals surface area contributed by atoms with Crippen LogP contribution in [0.25, 0.3) is 11.6 Å². The van der Waals surface area contributed by atoms with Crippen LogP contribution in [0.3, 0.4) is 0 Å². The number of unbranched alkanes of at least 4 members (excludes halogenated alkanes) is 1. The Kier molecular flexibility index (Phi) is 8.67. The number of halogens is 2. The summed E-state index contributed by atoms with van der Waals surface area (Å²) in [7, 11) is 4.25. The molecule has 0 fully saturated rings. The van der Waals surface area contributed by atoms with Crippen LogP contribution in [0.5, 0.6) is 0 Å². The number of hydrogen-bond donors (Lipinski definition) is 0. The molecule has 0 aromatic carbocycles. The van der Waals surface area contributed by atoms with E-state index in [0.717, 1.165) is 19.5 Å². The van der Waals surface area contributed by atoms with E-state index >= 15 is 0 Å². The fourth-order valence-corrected chi connectivity index (χ4v) is 2.55. The molecule has 2 rings (SSSR count). The molecule has 0 amide bonds. The largest absolute Gasteiger partial charge is 1.00 e. The van der Waals surface area contributed by atoms with Crippen molar-refractivity contribution < 1.29 is 33.9 Å². The lowest BCUT2D eigenvalue weighted by Gasteiger charge is -2.02. The first-order chi connectivity index (χ1) is 9.19. The molecule has 2 heterocycles. The van der Waals surface area contributed by atoms with Crippen molar-refractivity contribution in [3.8, 4) is 11.6 Å². The Balaban J connectivity index is 0.00000200. The van der Waals surface area contributed by atoms with Crippen LogP contribution >= 0.6 is 0 Å². The Morgan fingerprint density at radius 3 is 1.71 bits per heavy atom. The van der Waals surface area contributed by atoms with E-state index < -0.39 is 0 Å². The van der Waals surface area contributed by atoms with Crippen molar-refractivity contribution in [3.05, 3.63) is 24.8 Å². The van der Waals surface area contributed by atoms with Gasteiger partial charge in [0.25, 0.3) is 0 Å². The van der Waals surface area contributed by atoms with Crippen molar-refractivity contribution in [1.29, 1.82) is 0 Å². The van der Waals surface area contributed by atoms with Crippen LogP contribution < -0.4 is 33.9 Å². The monoisotopic (exact) mass is 332 g/mol. The van der Waals surface area contributed by atoms with Gasteiger partial charge in [0.1, 0.15) is 24.8 Å². The van der Waals surface area contributed by atoms with Gasteiger partial charge in [0, 0.05) is 0 Å². The van der Waals surface area contributed by atoms with Crippen LogP contribution in [-0.4, -0.2) is 9.13 Å². The minimum absolute atomic E-state index is 0. The molecule has 0 aliphatic carbocycles. The van der Waals surface area contributed by atoms with Crippen LogP contribution in [0.4, 0.5) is 0 Å². The van der Waals surface area contributed by atoms with Crippen LogP contribution in [0.2, 0.25) is 0 Å². The predicted molar refractivity (Wildman–Crippen MR) is 75.4 cm³/mol. The molecular weight excluding hydrogens is 307 g/mol. The first kappa shape index (κ1) is 20.0. The van der Waals surface area contributed by atoms with Crippen molar-refractivity contribution in [2.45, 2.75) is 46.2 Å². The van der Waals surface area contributed by atoms with E-state index in [1.807, 2.05) is 0 Å². The average molecular weight is 333 g/mol. The van der Waals surface area contributed by atoms with E-state index in [1.165, 1.54) is 24.5 Å². The summed E-state index contributed by atoms with van der Waals surface area (Å²) in [5.41, 5.74) is 0. The van der Waals surface area contributed by atoms with E-state index in [9.17, 15) is 0 Å². The molecule has 0 aliphatic heterocycles. The van der Waals surface area contributed by atoms with Crippen molar-refractivity contribution >= 4 is 0 Å². The van der Waals surface area contributed by atoms with Gasteiger partial charge < -0.3 is 24.8 Å². The summed E-state index contributed by atoms with van der Waals surface area (Å²) in [6.07, 6.45) is 12.3. The third-order valence-electron chi connectivity index (χ3n) is 3.57. The highest BCUT2D eigenvalue weighted by Crippen LogP contribution is 2.13. The van der Waals surface area contributed by atoms with Crippen molar-refractivity contribution in [1.82, 2.24) is 9.13 Å². The summed E-state index contributed by atoms with van der Waals surface area (Å²) in [6.45, 7) is 6.61. The first-order valence-electron chi connectivity index (χ1n) is 7.28. The highest BCUT2D eigenvalue weighted by Gasteiger charge is 2.29. The number of aromatic nitrogens is 4. The molecule has 0 saturated heterocycles. The Bertz CT molecular complexity index is 546. The van der Waals surface area contributed by atoms with E-state index in [0.29, 0.717) is 0 Å². The SMILES string of the molecule is CCCCn1cc[n+](C)c1-c1n(CCC)cc[n+]1C.[Cl-].[Cl-]. The maximum atomic E-state index is 2.37. The second kappa shape index (κ2) is 9.11. The van der Waals surface area contributed by atoms with Gasteiger partial charge in [0.2, 0.25) is 0 Å². The Morgan fingerprint density at radius 1 is 0.810 bits per heavy atom. The smallest absolute Gasteiger partial charge is 0.373 e. The summed E-state index contributed by atoms with van der Waals surface area (Å²) < 4.78 is 9.15. The highest BCUT2D eigenvalue weighted by atomic mass is 35.5. The van der Waals surface area contributed by atoms with E-state index in [4.69, 9.17) is 0 Å². The molecule has 0 bridgehead atoms. The summed E-state index contributed by atoms with van der Waals surface area (Å²) in [6, 6.07) is 0. The summed E-state index contributed by atoms with van der Waals surface area (Å²) in [5.74, 6) is 2.57. The number of hydrogen-bond acceptors (Lipinski definition) is 0. The molecular formula is C15H26Cl2N4. The zero-order chi connectivity index (χ0) is 13.8. The highest BCUT2D eigenvalue weighted by molar-refractivity contribution is 5.36. The van der Waals surface area contributed by atoms with Crippen molar-refractivity contribution in [2.24, 2.45) is 14.1 Å². The zero-order valence-electron chi connectivity index (χ0n) is 13.4. The van der Waals surface area contributed by atoms with Crippen LogP contribution in [-0.2, 0) is 27.2 Å². The van der Waals surface area contributed by atoms with Gasteiger partial charge in [0.05, 0.1) is 27.2 Å². The van der Waals surface area contributed by atoms with Crippen molar-refractivity contribution in [2.75, 3.05) is 0 Å². The standard InChI is InChI=1S/C15H26N4.2ClH/c1-5-7-9-19-13-11-17(4)15(19)14-16(3)10-12-18(14)8-6-2;;/h10-13H,5-9H2,1-4H3;2*1H/q+2;;/p-2. The maximum absolute atomic E-state index is 2.37. The molecule has 6 heteroatoms. The predicted octanol–water partition coefficient (Wildman–Crippen LogP) is -4.18. The second-order valence-electron chi connectivity index (χ2n) is 5.21. The molecule has 2 aromatic heterocycles. The summed E-state index contributed by atoms with van der Waals surface area (Å²) in [4.78, 5) is 0. The third kappa shape index (κ3) is 4.24. The maximum Gasteiger partial charge on any atom is 0.373 e. The number of imidazole rings is 2. The molecule has 0 atom stereocenters. The van der Waals surface area contributed by atoms with Gasteiger partial charge in [0.15, 0.2) is 0 Å². The molecule has 0 saturated carbocycles. The van der Waals surface area contributed by atoms with Crippen molar-refractivity contribution in [3.63, 3.8) is 0 Å². The second-order valence-corrected chi connectivity index (χ2v) is 5.21. The molecule has 0 unspecified atom stereocenters. The third-order valence-corrected chi connectivity index (χ3v) is 3.57. The normalized spacial score (nSPS) is 10.1. The Morgan fingerprint density at radius 2 is 1.29 bits per heavy atom. The lowest BCUT2D eigenvalue weighted by molar-refractivity contribution is -0.690. The lowest BCUT2D eigenvalue weighted by atomic mass is 10.3. The van der Waals surface area contributed by atoms with Crippen LogP contribution in [0, 0.1) is 0 Å². The molecule has 4 nitrogen and oxygen atoms in total. The molecule has 0 spiro atoms. The number of aryl methyl sites for hydroxylation is 4. The summed E-state index contributed by atoms with van der Waals surface area (Å²) in [5, 5.41) is 0. The van der Waals surface area contributed by atoms with Gasteiger partial charge in [-0.25, -0.2) is 18.3 Å². The lowest BCUT2D eigenvalue weighted by Crippen LogP contribution is -3.00. The van der Waals surface area contributed by atoms with Gasteiger partial charge in [-0.05, 0) is 12.8 Å². The van der Waals surface area contributed by atoms with Crippen LogP contribution in [0.1, 0.15) is 33.1 Å². The molecule has 0 N–H and O–H groups in total. The number of rotatable bonds is 6. The first-order valence-corrected chi connectivity index (χ1v) is 7.28. The Labute approximate surface area is 140 Å². The van der Waals surface area contributed by atoms with Gasteiger partial charge in [-0.2, -0.15) is 0 Å². The quantitative estimate of drug-likeness (QED) is 0.478. The zero-order valence-corrected chi connectivity index (χ0v) is 14.9. The van der Waals surface area contributed by atoms with Gasteiger partial charge >= 0.3 is 11.6 Å². The average Bonchev–Trinajstić information content (AvgIpc) is 2.91. The fourth-order valence-electron chi connectivity index (χ4n) is 2.55. The minimum atomic E-state index is 0. The van der Waals surface area contributed by atoms with E-state index in [1.54, 1.807) is 0 Å². The van der Waals surface area contributed by atoms with Crippen LogP contribution in [0.15, 0.2) is 24.8 Å². The van der Waals surface area contributed by atoms with Gasteiger partial charge in [-0.15, -0.1) is 0 Å². The molecule has 0 aliphatic rings. The topological polar surface area (TPSA) is 17.6 Å². The van der Waals surface area contributed by atoms with Gasteiger partial charge in [-0.3, -0.25) is 0 Å². The molecule has 0 radical (unpaired) electrons. The minimum Gasteiger partial charge on any atom is -1.00 e. The molecule has 21 heavy (non-hydrogen) atoms. The van der Waals surface area contributed by atoms with E-state index in [-0.39, 0.29) is 24.8 Å².